The first kappa shape index (κ1) is 13.1. The minimum Gasteiger partial charge on any atom is -0.382 e. The van der Waals surface area contributed by atoms with E-state index in [9.17, 15) is 0 Å². The molecule has 108 valence electrons. The topological polar surface area (TPSA) is 83.7 Å². The van der Waals surface area contributed by atoms with Gasteiger partial charge in [-0.2, -0.15) is 9.97 Å². The van der Waals surface area contributed by atoms with Crippen LogP contribution in [0.5, 0.6) is 0 Å². The number of fused-ring (bicyclic) bond motifs is 1. The van der Waals surface area contributed by atoms with Crippen LogP contribution in [0.3, 0.4) is 0 Å². The Kier molecular flexibility index (Phi) is 3.03. The van der Waals surface area contributed by atoms with Crippen molar-refractivity contribution in [1.29, 1.82) is 0 Å². The van der Waals surface area contributed by atoms with Crippen molar-refractivity contribution in [3.63, 3.8) is 0 Å². The molecular formula is C14H22N6. The van der Waals surface area contributed by atoms with Gasteiger partial charge in [0.25, 0.3) is 0 Å². The lowest BCUT2D eigenvalue weighted by atomic mass is 9.84. The quantitative estimate of drug-likeness (QED) is 0.877. The van der Waals surface area contributed by atoms with Gasteiger partial charge < -0.3 is 15.6 Å². The molecule has 6 nitrogen and oxygen atoms in total. The van der Waals surface area contributed by atoms with Crippen LogP contribution in [-0.2, 0) is 0 Å². The van der Waals surface area contributed by atoms with Gasteiger partial charge in [0.2, 0.25) is 5.95 Å². The number of aromatic amines is 1. The number of anilines is 2. The Labute approximate surface area is 118 Å². The highest BCUT2D eigenvalue weighted by Crippen LogP contribution is 2.32. The SMILES string of the molecule is CC(C)(C)CC1CCN(c2nc(N)c3[nH]cnc3n2)C1. The van der Waals surface area contributed by atoms with Gasteiger partial charge in [-0.1, -0.05) is 20.8 Å². The molecular weight excluding hydrogens is 252 g/mol. The summed E-state index contributed by atoms with van der Waals surface area (Å²) < 4.78 is 0. The molecule has 1 aliphatic heterocycles. The molecule has 0 saturated carbocycles. The Morgan fingerprint density at radius 1 is 1.40 bits per heavy atom. The van der Waals surface area contributed by atoms with Crippen LogP contribution in [-0.4, -0.2) is 33.0 Å². The number of hydrogen-bond acceptors (Lipinski definition) is 5. The molecule has 0 bridgehead atoms. The van der Waals surface area contributed by atoms with E-state index >= 15 is 0 Å². The molecule has 0 aliphatic carbocycles. The monoisotopic (exact) mass is 274 g/mol. The molecule has 2 aromatic heterocycles. The number of hydrogen-bond donors (Lipinski definition) is 2. The lowest BCUT2D eigenvalue weighted by molar-refractivity contribution is 0.308. The first-order valence-electron chi connectivity index (χ1n) is 7.14. The summed E-state index contributed by atoms with van der Waals surface area (Å²) in [4.78, 5) is 18.3. The molecule has 0 radical (unpaired) electrons. The Morgan fingerprint density at radius 3 is 2.95 bits per heavy atom. The van der Waals surface area contributed by atoms with Crippen LogP contribution in [0, 0.1) is 11.3 Å². The molecule has 3 N–H and O–H groups in total. The fourth-order valence-corrected chi connectivity index (χ4v) is 3.03. The Balaban J connectivity index is 1.79. The fraction of sp³-hybridized carbons (Fsp3) is 0.643. The van der Waals surface area contributed by atoms with Crippen LogP contribution in [0.4, 0.5) is 11.8 Å². The molecule has 0 amide bonds. The van der Waals surface area contributed by atoms with Crippen LogP contribution >= 0.6 is 0 Å². The molecule has 0 spiro atoms. The van der Waals surface area contributed by atoms with E-state index in [0.29, 0.717) is 28.7 Å². The number of nitrogens with one attached hydrogen (secondary N) is 1. The molecule has 6 heteroatoms. The van der Waals surface area contributed by atoms with Crippen LogP contribution in [0.2, 0.25) is 0 Å². The van der Waals surface area contributed by atoms with E-state index < -0.39 is 0 Å². The summed E-state index contributed by atoms with van der Waals surface area (Å²) in [6.07, 6.45) is 4.02. The molecule has 1 saturated heterocycles. The number of nitrogens with two attached hydrogens (primary N) is 1. The predicted molar refractivity (Wildman–Crippen MR) is 80.5 cm³/mol. The molecule has 3 heterocycles. The molecule has 1 unspecified atom stereocenters. The smallest absolute Gasteiger partial charge is 0.229 e. The Bertz CT molecular complexity index is 612. The van der Waals surface area contributed by atoms with Gasteiger partial charge in [0, 0.05) is 13.1 Å². The van der Waals surface area contributed by atoms with Crippen LogP contribution in [0.15, 0.2) is 6.33 Å². The second-order valence-corrected chi connectivity index (χ2v) is 6.88. The molecule has 0 aromatic carbocycles. The third-order valence-corrected chi connectivity index (χ3v) is 3.77. The molecule has 20 heavy (non-hydrogen) atoms. The van der Waals surface area contributed by atoms with Gasteiger partial charge >= 0.3 is 0 Å². The first-order valence-corrected chi connectivity index (χ1v) is 7.14. The van der Waals surface area contributed by atoms with Crippen LogP contribution in [0.1, 0.15) is 33.6 Å². The van der Waals surface area contributed by atoms with E-state index in [4.69, 9.17) is 5.73 Å². The molecule has 1 fully saturated rings. The van der Waals surface area contributed by atoms with E-state index in [-0.39, 0.29) is 0 Å². The largest absolute Gasteiger partial charge is 0.382 e. The minimum atomic E-state index is 0.368. The average Bonchev–Trinajstić information content (AvgIpc) is 2.95. The van der Waals surface area contributed by atoms with Crippen molar-refractivity contribution in [2.75, 3.05) is 23.7 Å². The third-order valence-electron chi connectivity index (χ3n) is 3.77. The minimum absolute atomic E-state index is 0.368. The highest BCUT2D eigenvalue weighted by molar-refractivity contribution is 5.82. The van der Waals surface area contributed by atoms with E-state index in [1.54, 1.807) is 6.33 Å². The lowest BCUT2D eigenvalue weighted by Crippen LogP contribution is -2.23. The molecule has 1 aliphatic rings. The Hall–Kier alpha value is -1.85. The summed E-state index contributed by atoms with van der Waals surface area (Å²) in [6, 6.07) is 0. The summed E-state index contributed by atoms with van der Waals surface area (Å²) in [5, 5.41) is 0. The second-order valence-electron chi connectivity index (χ2n) is 6.88. The van der Waals surface area contributed by atoms with Crippen molar-refractivity contribution in [1.82, 2.24) is 19.9 Å². The van der Waals surface area contributed by atoms with Crippen molar-refractivity contribution in [3.05, 3.63) is 6.33 Å². The van der Waals surface area contributed by atoms with E-state index in [2.05, 4.69) is 45.6 Å². The fourth-order valence-electron chi connectivity index (χ4n) is 3.03. The third kappa shape index (κ3) is 2.55. The molecule has 3 rings (SSSR count). The van der Waals surface area contributed by atoms with Gasteiger partial charge in [-0.3, -0.25) is 0 Å². The number of H-pyrrole nitrogens is 1. The molecule has 2 aromatic rings. The summed E-state index contributed by atoms with van der Waals surface area (Å²) in [7, 11) is 0. The Morgan fingerprint density at radius 2 is 2.20 bits per heavy atom. The zero-order valence-corrected chi connectivity index (χ0v) is 12.3. The van der Waals surface area contributed by atoms with Gasteiger partial charge in [0.1, 0.15) is 5.52 Å². The van der Waals surface area contributed by atoms with Crippen molar-refractivity contribution in [2.45, 2.75) is 33.6 Å². The van der Waals surface area contributed by atoms with Crippen LogP contribution < -0.4 is 10.6 Å². The average molecular weight is 274 g/mol. The molecule has 1 atom stereocenters. The van der Waals surface area contributed by atoms with Crippen molar-refractivity contribution >= 4 is 22.9 Å². The van der Waals surface area contributed by atoms with Gasteiger partial charge in [0.15, 0.2) is 11.5 Å². The number of nitrogen functional groups attached to an aromatic ring is 1. The summed E-state index contributed by atoms with van der Waals surface area (Å²) >= 11 is 0. The van der Waals surface area contributed by atoms with Crippen molar-refractivity contribution in [2.24, 2.45) is 11.3 Å². The number of rotatable bonds is 2. The maximum absolute atomic E-state index is 5.96. The lowest BCUT2D eigenvalue weighted by Gasteiger charge is -2.23. The normalized spacial score (nSPS) is 19.9. The zero-order valence-electron chi connectivity index (χ0n) is 12.3. The number of imidazole rings is 1. The van der Waals surface area contributed by atoms with E-state index in [1.807, 2.05) is 0 Å². The van der Waals surface area contributed by atoms with E-state index in [0.717, 1.165) is 18.6 Å². The summed E-state index contributed by atoms with van der Waals surface area (Å²) in [5.74, 6) is 1.88. The highest BCUT2D eigenvalue weighted by atomic mass is 15.3. The van der Waals surface area contributed by atoms with Crippen LogP contribution in [0.25, 0.3) is 11.2 Å². The van der Waals surface area contributed by atoms with Crippen molar-refractivity contribution < 1.29 is 0 Å². The predicted octanol–water partition coefficient (Wildman–Crippen LogP) is 2.20. The maximum atomic E-state index is 5.96. The van der Waals surface area contributed by atoms with Gasteiger partial charge in [-0.15, -0.1) is 0 Å². The standard InChI is InChI=1S/C14H22N6/c1-14(2,3)6-9-4-5-20(7-9)13-18-11(15)10-12(19-13)17-8-16-10/h8-9H,4-7H2,1-3H3,(H3,15,16,17,18,19). The number of nitrogens with zero attached hydrogens (tertiary/aromatic N) is 4. The van der Waals surface area contributed by atoms with Gasteiger partial charge in [-0.25, -0.2) is 4.98 Å². The zero-order chi connectivity index (χ0) is 14.3. The summed E-state index contributed by atoms with van der Waals surface area (Å²) in [5.41, 5.74) is 7.69. The second kappa shape index (κ2) is 4.61. The van der Waals surface area contributed by atoms with Crippen molar-refractivity contribution in [3.8, 4) is 0 Å². The maximum Gasteiger partial charge on any atom is 0.229 e. The highest BCUT2D eigenvalue weighted by Gasteiger charge is 2.28. The summed E-state index contributed by atoms with van der Waals surface area (Å²) in [6.45, 7) is 8.88. The van der Waals surface area contributed by atoms with Gasteiger partial charge in [0.05, 0.1) is 6.33 Å². The van der Waals surface area contributed by atoms with E-state index in [1.165, 1.54) is 12.8 Å². The van der Waals surface area contributed by atoms with Gasteiger partial charge in [-0.05, 0) is 24.2 Å². The number of aromatic nitrogens is 4. The first-order chi connectivity index (χ1) is 9.42.